The van der Waals surface area contributed by atoms with Crippen molar-refractivity contribution >= 4 is 28.9 Å². The number of hydrogen-bond donors (Lipinski definition) is 2. The van der Waals surface area contributed by atoms with Crippen molar-refractivity contribution in [2.75, 3.05) is 18.8 Å². The van der Waals surface area contributed by atoms with Gasteiger partial charge in [-0.2, -0.15) is 0 Å². The van der Waals surface area contributed by atoms with Gasteiger partial charge in [-0.05, 0) is 56.3 Å². The summed E-state index contributed by atoms with van der Waals surface area (Å²) in [6, 6.07) is -0.154. The minimum Gasteiger partial charge on any atom is -0.336 e. The minimum atomic E-state index is -0.210. The Bertz CT molecular complexity index is 499. The van der Waals surface area contributed by atoms with Gasteiger partial charge in [0, 0.05) is 18.6 Å². The summed E-state index contributed by atoms with van der Waals surface area (Å²) >= 11 is 1.03. The van der Waals surface area contributed by atoms with Crippen LogP contribution in [-0.4, -0.2) is 46.5 Å². The van der Waals surface area contributed by atoms with Crippen LogP contribution < -0.4 is 10.6 Å². The number of thioether (sulfide) groups is 1. The maximum Gasteiger partial charge on any atom is 0.315 e. The van der Waals surface area contributed by atoms with Gasteiger partial charge in [-0.3, -0.25) is 14.5 Å². The Morgan fingerprint density at radius 3 is 2.26 bits per heavy atom. The van der Waals surface area contributed by atoms with Crippen molar-refractivity contribution in [3.8, 4) is 0 Å². The zero-order valence-corrected chi connectivity index (χ0v) is 14.0. The number of rotatable bonds is 4. The fourth-order valence-electron chi connectivity index (χ4n) is 5.43. The van der Waals surface area contributed by atoms with E-state index in [1.807, 2.05) is 0 Å². The van der Waals surface area contributed by atoms with Crippen LogP contribution in [-0.2, 0) is 4.79 Å². The Morgan fingerprint density at radius 2 is 1.74 bits per heavy atom. The molecule has 4 saturated carbocycles. The molecule has 0 radical (unpaired) electrons. The van der Waals surface area contributed by atoms with Crippen LogP contribution in [0, 0.1) is 17.8 Å². The third-order valence-electron chi connectivity index (χ3n) is 5.88. The Kier molecular flexibility index (Phi) is 3.78. The maximum absolute atomic E-state index is 12.2. The lowest BCUT2D eigenvalue weighted by molar-refractivity contribution is -0.124. The Hall–Kier alpha value is -1.24. The molecule has 0 spiro atoms. The molecule has 1 aliphatic heterocycles. The normalized spacial score (nSPS) is 38.3. The molecule has 5 fully saturated rings. The van der Waals surface area contributed by atoms with Crippen molar-refractivity contribution in [3.63, 3.8) is 0 Å². The lowest BCUT2D eigenvalue weighted by Crippen LogP contribution is -2.61. The van der Waals surface area contributed by atoms with Gasteiger partial charge in [0.1, 0.15) is 0 Å². The van der Waals surface area contributed by atoms with Crippen LogP contribution in [0.15, 0.2) is 0 Å². The summed E-state index contributed by atoms with van der Waals surface area (Å²) in [5, 5.41) is 5.84. The molecule has 7 heteroatoms. The standard InChI is InChI=1S/C16H23N3O3S/c20-13-9-23-15(22)19(13)2-1-17-14(21)18-16-6-10-3-11(7-16)5-12(4-10)8-16/h10-12H,1-9H2,(H2,17,18,21). The van der Waals surface area contributed by atoms with Crippen molar-refractivity contribution < 1.29 is 14.4 Å². The van der Waals surface area contributed by atoms with Gasteiger partial charge in [-0.25, -0.2) is 4.79 Å². The van der Waals surface area contributed by atoms with Gasteiger partial charge in [-0.15, -0.1) is 0 Å². The second kappa shape index (κ2) is 5.69. The fourth-order valence-corrected chi connectivity index (χ4v) is 6.18. The highest BCUT2D eigenvalue weighted by molar-refractivity contribution is 8.14. The molecule has 0 unspecified atom stereocenters. The second-order valence-electron chi connectivity index (χ2n) is 7.68. The molecular formula is C16H23N3O3S. The summed E-state index contributed by atoms with van der Waals surface area (Å²) < 4.78 is 0. The minimum absolute atomic E-state index is 0.00598. The Morgan fingerprint density at radius 1 is 1.13 bits per heavy atom. The summed E-state index contributed by atoms with van der Waals surface area (Å²) in [5.41, 5.74) is -0.00598. The van der Waals surface area contributed by atoms with E-state index in [0.717, 1.165) is 48.8 Å². The van der Waals surface area contributed by atoms with E-state index in [4.69, 9.17) is 0 Å². The van der Waals surface area contributed by atoms with Crippen molar-refractivity contribution in [3.05, 3.63) is 0 Å². The summed E-state index contributed by atoms with van der Waals surface area (Å²) in [4.78, 5) is 36.5. The van der Waals surface area contributed by atoms with E-state index in [1.54, 1.807) is 0 Å². The van der Waals surface area contributed by atoms with Gasteiger partial charge < -0.3 is 10.6 Å². The monoisotopic (exact) mass is 337 g/mol. The van der Waals surface area contributed by atoms with Crippen molar-refractivity contribution in [2.45, 2.75) is 44.1 Å². The molecule has 0 aromatic carbocycles. The quantitative estimate of drug-likeness (QED) is 0.822. The average molecular weight is 337 g/mol. The van der Waals surface area contributed by atoms with Gasteiger partial charge in [0.2, 0.25) is 5.91 Å². The first-order valence-electron chi connectivity index (χ1n) is 8.56. The van der Waals surface area contributed by atoms with Crippen LogP contribution in [0.5, 0.6) is 0 Å². The molecule has 5 rings (SSSR count). The average Bonchev–Trinajstić information content (AvgIpc) is 2.77. The first-order valence-corrected chi connectivity index (χ1v) is 9.55. The van der Waals surface area contributed by atoms with Gasteiger partial charge in [0.25, 0.3) is 5.24 Å². The molecule has 4 aliphatic carbocycles. The summed E-state index contributed by atoms with van der Waals surface area (Å²) in [6.07, 6.45) is 7.39. The molecule has 0 aromatic heterocycles. The van der Waals surface area contributed by atoms with E-state index < -0.39 is 0 Å². The van der Waals surface area contributed by atoms with E-state index in [2.05, 4.69) is 10.6 Å². The number of nitrogens with zero attached hydrogens (tertiary/aromatic N) is 1. The fraction of sp³-hybridized carbons (Fsp3) is 0.812. The highest BCUT2D eigenvalue weighted by atomic mass is 32.2. The van der Waals surface area contributed by atoms with Crippen LogP contribution in [0.4, 0.5) is 9.59 Å². The van der Waals surface area contributed by atoms with Crippen LogP contribution in [0.2, 0.25) is 0 Å². The Labute approximate surface area is 140 Å². The van der Waals surface area contributed by atoms with Crippen molar-refractivity contribution in [1.29, 1.82) is 0 Å². The van der Waals surface area contributed by atoms with Crippen molar-refractivity contribution in [1.82, 2.24) is 15.5 Å². The van der Waals surface area contributed by atoms with E-state index in [-0.39, 0.29) is 35.0 Å². The summed E-state index contributed by atoms with van der Waals surface area (Å²) in [5.74, 6) is 2.43. The van der Waals surface area contributed by atoms with Crippen molar-refractivity contribution in [2.24, 2.45) is 17.8 Å². The number of hydrogen-bond acceptors (Lipinski definition) is 4. The second-order valence-corrected chi connectivity index (χ2v) is 8.61. The third-order valence-corrected chi connectivity index (χ3v) is 6.74. The zero-order chi connectivity index (χ0) is 16.0. The summed E-state index contributed by atoms with van der Waals surface area (Å²) in [6.45, 7) is 0.579. The molecule has 23 heavy (non-hydrogen) atoms. The largest absolute Gasteiger partial charge is 0.336 e. The van der Waals surface area contributed by atoms with E-state index in [0.29, 0.717) is 6.54 Å². The molecule has 5 aliphatic rings. The lowest BCUT2D eigenvalue weighted by Gasteiger charge is -2.56. The maximum atomic E-state index is 12.2. The zero-order valence-electron chi connectivity index (χ0n) is 13.2. The molecular weight excluding hydrogens is 314 g/mol. The molecule has 1 heterocycles. The van der Waals surface area contributed by atoms with E-state index in [1.165, 1.54) is 24.2 Å². The predicted octanol–water partition coefficient (Wildman–Crippen LogP) is 1.95. The number of carbonyl (C=O) groups excluding carboxylic acids is 3. The number of carbonyl (C=O) groups is 3. The first kappa shape index (κ1) is 15.3. The molecule has 4 amide bonds. The first-order chi connectivity index (χ1) is 11.0. The Balaban J connectivity index is 1.27. The molecule has 6 nitrogen and oxygen atoms in total. The highest BCUT2D eigenvalue weighted by Crippen LogP contribution is 2.55. The summed E-state index contributed by atoms with van der Waals surface area (Å²) in [7, 11) is 0. The van der Waals surface area contributed by atoms with Crippen LogP contribution in [0.1, 0.15) is 38.5 Å². The topological polar surface area (TPSA) is 78.5 Å². The number of nitrogens with one attached hydrogen (secondary N) is 2. The van der Waals surface area contributed by atoms with E-state index in [9.17, 15) is 14.4 Å². The number of urea groups is 1. The van der Waals surface area contributed by atoms with Gasteiger partial charge >= 0.3 is 6.03 Å². The van der Waals surface area contributed by atoms with Crippen LogP contribution in [0.3, 0.4) is 0 Å². The molecule has 126 valence electrons. The lowest BCUT2D eigenvalue weighted by atomic mass is 9.53. The number of imide groups is 1. The molecule has 2 N–H and O–H groups in total. The highest BCUT2D eigenvalue weighted by Gasteiger charge is 2.51. The molecule has 4 bridgehead atoms. The third kappa shape index (κ3) is 2.95. The number of amides is 4. The van der Waals surface area contributed by atoms with Gasteiger partial charge in [0.15, 0.2) is 0 Å². The van der Waals surface area contributed by atoms with Gasteiger partial charge in [-0.1, -0.05) is 11.8 Å². The predicted molar refractivity (Wildman–Crippen MR) is 87.0 cm³/mol. The molecule has 0 atom stereocenters. The van der Waals surface area contributed by atoms with Gasteiger partial charge in [0.05, 0.1) is 5.75 Å². The van der Waals surface area contributed by atoms with Crippen LogP contribution >= 0.6 is 11.8 Å². The molecule has 1 saturated heterocycles. The SMILES string of the molecule is O=C(NCCN1C(=O)CSC1=O)NC12CC3CC(CC(C3)C1)C2. The molecule has 0 aromatic rings. The smallest absolute Gasteiger partial charge is 0.315 e. The van der Waals surface area contributed by atoms with E-state index >= 15 is 0 Å². The van der Waals surface area contributed by atoms with Crippen LogP contribution in [0.25, 0.3) is 0 Å².